The fourth-order valence-electron chi connectivity index (χ4n) is 5.15. The second-order valence-corrected chi connectivity index (χ2v) is 9.96. The third kappa shape index (κ3) is 5.19. The van der Waals surface area contributed by atoms with E-state index in [9.17, 15) is 50.8 Å². The summed E-state index contributed by atoms with van der Waals surface area (Å²) in [5, 5.41) is 92.1. The second kappa shape index (κ2) is 11.6. The van der Waals surface area contributed by atoms with Gasteiger partial charge in [-0.05, 0) is 29.8 Å². The van der Waals surface area contributed by atoms with Crippen LogP contribution in [0.1, 0.15) is 11.7 Å². The number of aromatic hydroxyl groups is 2. The highest BCUT2D eigenvalue weighted by molar-refractivity contribution is 5.86. The van der Waals surface area contributed by atoms with Crippen LogP contribution >= 0.6 is 0 Å². The average Bonchev–Trinajstić information content (AvgIpc) is 2.97. The molecule has 3 aromatic rings. The maximum atomic E-state index is 13.3. The SMILES string of the molecule is O=c1c(-c2ccc(O)cc2)coc2c([C@@H]3O[C@H](CO)[C@@H](O[C@@H]4O[C@H](CO)[C@H](O)[C@H](O)[C@H]4O)[C@H](O)[C@H]3O)c(O)ccc12. The molecule has 2 saturated heterocycles. The summed E-state index contributed by atoms with van der Waals surface area (Å²) in [6, 6.07) is 8.31. The Hall–Kier alpha value is -3.15. The predicted octanol–water partition coefficient (Wildman–Crippen LogP) is -1.79. The van der Waals surface area contributed by atoms with Crippen molar-refractivity contribution in [3.05, 3.63) is 58.4 Å². The molecule has 2 fully saturated rings. The molecule has 0 aliphatic carbocycles. The monoisotopic (exact) mass is 578 g/mol. The Balaban J connectivity index is 1.47. The third-order valence-electron chi connectivity index (χ3n) is 7.42. The van der Waals surface area contributed by atoms with Crippen LogP contribution in [0.5, 0.6) is 11.5 Å². The van der Waals surface area contributed by atoms with E-state index in [2.05, 4.69) is 0 Å². The number of hydrogen-bond acceptors (Lipinski definition) is 14. The van der Waals surface area contributed by atoms with Gasteiger partial charge in [0.2, 0.25) is 5.43 Å². The van der Waals surface area contributed by atoms with Crippen LogP contribution in [0.2, 0.25) is 0 Å². The van der Waals surface area contributed by atoms with Gasteiger partial charge in [0, 0.05) is 0 Å². The molecule has 9 N–H and O–H groups in total. The van der Waals surface area contributed by atoms with Crippen LogP contribution in [-0.2, 0) is 14.2 Å². The Morgan fingerprint density at radius 1 is 0.756 bits per heavy atom. The minimum atomic E-state index is -1.84. The summed E-state index contributed by atoms with van der Waals surface area (Å²) < 4.78 is 22.4. The van der Waals surface area contributed by atoms with Crippen molar-refractivity contribution >= 4 is 11.0 Å². The van der Waals surface area contributed by atoms with Crippen LogP contribution in [0.3, 0.4) is 0 Å². The number of aliphatic hydroxyl groups excluding tert-OH is 7. The highest BCUT2D eigenvalue weighted by Crippen LogP contribution is 2.42. The minimum absolute atomic E-state index is 0.000363. The van der Waals surface area contributed by atoms with Crippen molar-refractivity contribution in [2.75, 3.05) is 13.2 Å². The van der Waals surface area contributed by atoms with E-state index in [0.29, 0.717) is 5.56 Å². The van der Waals surface area contributed by atoms with Gasteiger partial charge in [-0.3, -0.25) is 4.79 Å². The maximum Gasteiger partial charge on any atom is 0.200 e. The number of phenols is 2. The number of ether oxygens (including phenoxy) is 3. The summed E-state index contributed by atoms with van der Waals surface area (Å²) in [7, 11) is 0. The number of phenolic OH excluding ortho intramolecular Hbond substituents is 2. The first-order valence-corrected chi connectivity index (χ1v) is 12.7. The lowest BCUT2D eigenvalue weighted by Gasteiger charge is -2.46. The molecule has 14 heteroatoms. The van der Waals surface area contributed by atoms with Gasteiger partial charge in [-0.1, -0.05) is 12.1 Å². The second-order valence-electron chi connectivity index (χ2n) is 9.96. The summed E-state index contributed by atoms with van der Waals surface area (Å²) >= 11 is 0. The topological polar surface area (TPSA) is 240 Å². The maximum absolute atomic E-state index is 13.3. The molecule has 0 radical (unpaired) electrons. The number of rotatable bonds is 6. The molecule has 0 saturated carbocycles. The molecule has 10 atom stereocenters. The molecule has 14 nitrogen and oxygen atoms in total. The standard InChI is InChI=1S/C27H30O14/c28-7-15-19(33)20(34)23(37)27(40-15)41-25-16(8-29)39-26(22(36)21(25)35)17-14(31)6-5-12-18(32)13(9-38-24(12)17)10-1-3-11(30)4-2-10/h1-6,9,15-16,19-23,25-31,33-37H,7-8H2/t15-,16-,19+,20+,21-,22-,23-,25-,26+,27+/m1/s1. The first kappa shape index (κ1) is 29.3. The van der Waals surface area contributed by atoms with Crippen LogP contribution in [0.15, 0.2) is 51.9 Å². The highest BCUT2D eigenvalue weighted by Gasteiger charge is 2.51. The molecule has 2 aliphatic heterocycles. The number of aliphatic hydroxyl groups is 7. The van der Waals surface area contributed by atoms with E-state index < -0.39 is 85.6 Å². The summed E-state index contributed by atoms with van der Waals surface area (Å²) in [6.45, 7) is -1.52. The normalized spacial score (nSPS) is 34.1. The van der Waals surface area contributed by atoms with Crippen molar-refractivity contribution in [1.29, 1.82) is 0 Å². The van der Waals surface area contributed by atoms with Gasteiger partial charge < -0.3 is 64.6 Å². The van der Waals surface area contributed by atoms with Gasteiger partial charge in [0.1, 0.15) is 78.3 Å². The Morgan fingerprint density at radius 3 is 2.10 bits per heavy atom. The van der Waals surface area contributed by atoms with Crippen LogP contribution in [0.25, 0.3) is 22.1 Å². The van der Waals surface area contributed by atoms with Gasteiger partial charge in [-0.25, -0.2) is 0 Å². The van der Waals surface area contributed by atoms with E-state index >= 15 is 0 Å². The Kier molecular flexibility index (Phi) is 8.31. The minimum Gasteiger partial charge on any atom is -0.508 e. The van der Waals surface area contributed by atoms with Crippen LogP contribution in [-0.4, -0.2) is 114 Å². The van der Waals surface area contributed by atoms with Gasteiger partial charge in [0.05, 0.1) is 29.7 Å². The first-order valence-electron chi connectivity index (χ1n) is 12.7. The molecule has 2 aromatic carbocycles. The molecule has 222 valence electrons. The number of hydrogen-bond donors (Lipinski definition) is 9. The largest absolute Gasteiger partial charge is 0.508 e. The molecule has 0 amide bonds. The van der Waals surface area contributed by atoms with E-state index in [0.717, 1.165) is 6.26 Å². The lowest BCUT2D eigenvalue weighted by Crippen LogP contribution is -2.63. The predicted molar refractivity (Wildman–Crippen MR) is 137 cm³/mol. The van der Waals surface area contributed by atoms with E-state index in [1.54, 1.807) is 0 Å². The average molecular weight is 579 g/mol. The van der Waals surface area contributed by atoms with Crippen molar-refractivity contribution in [2.24, 2.45) is 0 Å². The molecule has 0 spiro atoms. The Bertz CT molecular complexity index is 1420. The van der Waals surface area contributed by atoms with Gasteiger partial charge in [-0.15, -0.1) is 0 Å². The van der Waals surface area contributed by atoms with Crippen LogP contribution in [0.4, 0.5) is 0 Å². The van der Waals surface area contributed by atoms with Crippen LogP contribution in [0, 0.1) is 0 Å². The third-order valence-corrected chi connectivity index (χ3v) is 7.42. The summed E-state index contributed by atoms with van der Waals surface area (Å²) in [5.74, 6) is -0.445. The smallest absolute Gasteiger partial charge is 0.200 e. The molecule has 5 rings (SSSR count). The van der Waals surface area contributed by atoms with Crippen molar-refractivity contribution in [1.82, 2.24) is 0 Å². The molecule has 0 unspecified atom stereocenters. The number of benzene rings is 2. The Labute approximate surface area is 231 Å². The summed E-state index contributed by atoms with van der Waals surface area (Å²) in [4.78, 5) is 13.3. The molecule has 1 aromatic heterocycles. The fraction of sp³-hybridized carbons (Fsp3) is 0.444. The summed E-state index contributed by atoms with van der Waals surface area (Å²) in [5.41, 5.74) is -0.232. The van der Waals surface area contributed by atoms with Crippen molar-refractivity contribution < 1.29 is 64.6 Å². The molecule has 0 bridgehead atoms. The zero-order chi connectivity index (χ0) is 29.6. The van der Waals surface area contributed by atoms with Crippen LogP contribution < -0.4 is 5.43 Å². The Morgan fingerprint density at radius 2 is 1.44 bits per heavy atom. The lowest BCUT2D eigenvalue weighted by molar-refractivity contribution is -0.342. The zero-order valence-corrected chi connectivity index (χ0v) is 21.3. The zero-order valence-electron chi connectivity index (χ0n) is 21.3. The molecular weight excluding hydrogens is 548 g/mol. The molecular formula is C27H30O14. The van der Waals surface area contributed by atoms with E-state index in [4.69, 9.17) is 18.6 Å². The van der Waals surface area contributed by atoms with Gasteiger partial charge in [0.15, 0.2) is 6.29 Å². The highest BCUT2D eigenvalue weighted by atomic mass is 16.7. The van der Waals surface area contributed by atoms with E-state index in [1.807, 2.05) is 0 Å². The van der Waals surface area contributed by atoms with Gasteiger partial charge in [0.25, 0.3) is 0 Å². The molecule has 41 heavy (non-hydrogen) atoms. The quantitative estimate of drug-likeness (QED) is 0.157. The number of fused-ring (bicyclic) bond motifs is 1. The van der Waals surface area contributed by atoms with E-state index in [1.165, 1.54) is 36.4 Å². The van der Waals surface area contributed by atoms with Crippen molar-refractivity contribution in [3.63, 3.8) is 0 Å². The fourth-order valence-corrected chi connectivity index (χ4v) is 5.15. The van der Waals surface area contributed by atoms with Gasteiger partial charge >= 0.3 is 0 Å². The lowest BCUT2D eigenvalue weighted by atomic mass is 9.89. The molecule has 3 heterocycles. The van der Waals surface area contributed by atoms with Crippen molar-refractivity contribution in [2.45, 2.75) is 61.2 Å². The first-order chi connectivity index (χ1) is 19.6. The van der Waals surface area contributed by atoms with Crippen molar-refractivity contribution in [3.8, 4) is 22.6 Å². The summed E-state index contributed by atoms with van der Waals surface area (Å²) in [6.07, 6.45) is -15.3. The van der Waals surface area contributed by atoms with Gasteiger partial charge in [-0.2, -0.15) is 0 Å². The van der Waals surface area contributed by atoms with E-state index in [-0.39, 0.29) is 27.8 Å². The molecule has 2 aliphatic rings.